The maximum absolute atomic E-state index is 2.72. The van der Waals surface area contributed by atoms with Crippen molar-refractivity contribution >= 4 is 74.2 Å². The van der Waals surface area contributed by atoms with E-state index in [-0.39, 0.29) is 0 Å². The summed E-state index contributed by atoms with van der Waals surface area (Å²) in [5.74, 6) is 0. The van der Waals surface area contributed by atoms with E-state index in [2.05, 4.69) is 167 Å². The summed E-state index contributed by atoms with van der Waals surface area (Å²) < 4.78 is 0. The molecule has 5 heteroatoms. The molecule has 0 saturated heterocycles. The second-order valence-electron chi connectivity index (χ2n) is 11.0. The molecule has 8 aromatic rings. The van der Waals surface area contributed by atoms with Crippen molar-refractivity contribution in [2.24, 2.45) is 0 Å². The number of hydrogen-bond acceptors (Lipinski definition) is 4. The van der Waals surface area contributed by atoms with Crippen molar-refractivity contribution < 1.29 is 0 Å². The molecule has 4 aromatic heterocycles. The van der Waals surface area contributed by atoms with E-state index in [1.165, 1.54) is 62.5 Å². The zero-order valence-corrected chi connectivity index (χ0v) is 28.6. The fourth-order valence-electron chi connectivity index (χ4n) is 6.31. The van der Waals surface area contributed by atoms with Crippen LogP contribution >= 0.6 is 45.3 Å². The summed E-state index contributed by atoms with van der Waals surface area (Å²) in [7, 11) is -2.72. The first kappa shape index (κ1) is 28.4. The Morgan fingerprint density at radius 2 is 0.489 bits per heavy atom. The first-order chi connectivity index (χ1) is 22.3. The van der Waals surface area contributed by atoms with Gasteiger partial charge in [0.25, 0.3) is 0 Å². The summed E-state index contributed by atoms with van der Waals surface area (Å²) >= 11 is 7.17. The molecule has 0 N–H and O–H groups in total. The molecule has 0 aliphatic carbocycles. The molecule has 0 radical (unpaired) electrons. The molecular weight excluding hydrogens is 637 g/mol. The Morgan fingerprint density at radius 1 is 0.267 bits per heavy atom. The number of benzene rings is 4. The Bertz CT molecular complexity index is 1770. The molecule has 0 bridgehead atoms. The fourth-order valence-corrected chi connectivity index (χ4v) is 13.9. The zero-order chi connectivity index (χ0) is 30.1. The molecule has 0 aliphatic rings. The van der Waals surface area contributed by atoms with Gasteiger partial charge in [-0.2, -0.15) is 0 Å². The van der Waals surface area contributed by atoms with Crippen molar-refractivity contribution in [2.75, 3.05) is 0 Å². The smallest absolute Gasteiger partial charge is 0.144 e. The minimum Gasteiger partial charge on any atom is -0.144 e. The van der Waals surface area contributed by atoms with Crippen LogP contribution in [0.1, 0.15) is 0 Å². The first-order valence-electron chi connectivity index (χ1n) is 14.9. The van der Waals surface area contributed by atoms with E-state index in [0.717, 1.165) is 0 Å². The highest BCUT2D eigenvalue weighted by Gasteiger charge is 2.41. The Balaban J connectivity index is 1.35. The summed E-state index contributed by atoms with van der Waals surface area (Å²) in [5.41, 5.74) is 5.08. The monoisotopic (exact) mass is 664 g/mol. The lowest BCUT2D eigenvalue weighted by Crippen LogP contribution is -2.74. The lowest BCUT2D eigenvalue weighted by molar-refractivity contribution is 1.65. The van der Waals surface area contributed by atoms with Gasteiger partial charge in [-0.05, 0) is 88.8 Å². The van der Waals surface area contributed by atoms with E-state index in [4.69, 9.17) is 0 Å². The van der Waals surface area contributed by atoms with Crippen molar-refractivity contribution in [3.63, 3.8) is 0 Å². The van der Waals surface area contributed by atoms with Crippen LogP contribution in [-0.4, -0.2) is 8.07 Å². The van der Waals surface area contributed by atoms with Gasteiger partial charge in [0.05, 0.1) is 0 Å². The van der Waals surface area contributed by atoms with E-state index in [9.17, 15) is 0 Å². The topological polar surface area (TPSA) is 0 Å². The lowest BCUT2D eigenvalue weighted by Gasteiger charge is -2.35. The van der Waals surface area contributed by atoms with Crippen molar-refractivity contribution in [2.45, 2.75) is 0 Å². The minimum absolute atomic E-state index is 1.27. The van der Waals surface area contributed by atoms with Crippen LogP contribution < -0.4 is 20.7 Å². The molecule has 45 heavy (non-hydrogen) atoms. The summed E-state index contributed by atoms with van der Waals surface area (Å²) in [6.07, 6.45) is 0. The fraction of sp³-hybridized carbons (Fsp3) is 0. The van der Waals surface area contributed by atoms with Crippen molar-refractivity contribution in [3.05, 3.63) is 167 Å². The molecule has 0 spiro atoms. The Morgan fingerprint density at radius 3 is 0.667 bits per heavy atom. The van der Waals surface area contributed by atoms with Crippen LogP contribution in [0.2, 0.25) is 0 Å². The third-order valence-electron chi connectivity index (χ3n) is 8.49. The SMILES string of the molecule is c1csc(-c2ccc([Si](c3ccc(-c4cccs4)cc3)(c3ccc(-c4cccs4)cc3)c3ccc(-c4cccs4)cc3)cc2)c1. The molecule has 0 unspecified atom stereocenters. The number of thiophene rings is 4. The van der Waals surface area contributed by atoms with Crippen molar-refractivity contribution in [3.8, 4) is 41.8 Å². The van der Waals surface area contributed by atoms with Gasteiger partial charge in [0.2, 0.25) is 0 Å². The average molecular weight is 665 g/mol. The third-order valence-corrected chi connectivity index (χ3v) is 17.0. The Kier molecular flexibility index (Phi) is 7.79. The minimum atomic E-state index is -2.72. The highest BCUT2D eigenvalue weighted by Crippen LogP contribution is 2.28. The molecule has 216 valence electrons. The normalized spacial score (nSPS) is 11.6. The highest BCUT2D eigenvalue weighted by molar-refractivity contribution is 7.20. The maximum Gasteiger partial charge on any atom is 0.179 e. The summed E-state index contributed by atoms with van der Waals surface area (Å²) in [6, 6.07) is 55.1. The van der Waals surface area contributed by atoms with Crippen LogP contribution in [-0.2, 0) is 0 Å². The summed E-state index contributed by atoms with van der Waals surface area (Å²) in [5, 5.41) is 14.2. The van der Waals surface area contributed by atoms with E-state index in [1.807, 2.05) is 0 Å². The van der Waals surface area contributed by atoms with Crippen molar-refractivity contribution in [1.29, 1.82) is 0 Å². The molecule has 0 saturated carbocycles. The van der Waals surface area contributed by atoms with Gasteiger partial charge in [-0.1, -0.05) is 121 Å². The van der Waals surface area contributed by atoms with Crippen LogP contribution in [0.4, 0.5) is 0 Å². The predicted molar refractivity (Wildman–Crippen MR) is 203 cm³/mol. The molecule has 0 aliphatic heterocycles. The average Bonchev–Trinajstić information content (AvgIpc) is 3.95. The molecule has 8 rings (SSSR count). The highest BCUT2D eigenvalue weighted by atomic mass is 32.1. The second-order valence-corrected chi connectivity index (χ2v) is 18.6. The van der Waals surface area contributed by atoms with E-state index in [1.54, 1.807) is 45.3 Å². The quantitative estimate of drug-likeness (QED) is 0.112. The van der Waals surface area contributed by atoms with Gasteiger partial charge < -0.3 is 0 Å². The van der Waals surface area contributed by atoms with Gasteiger partial charge in [-0.25, -0.2) is 0 Å². The molecule has 0 amide bonds. The van der Waals surface area contributed by atoms with Crippen LogP contribution in [0.5, 0.6) is 0 Å². The largest absolute Gasteiger partial charge is 0.179 e. The van der Waals surface area contributed by atoms with Gasteiger partial charge in [0.1, 0.15) is 0 Å². The third kappa shape index (κ3) is 5.31. The number of rotatable bonds is 8. The maximum atomic E-state index is 2.40. The van der Waals surface area contributed by atoms with Gasteiger partial charge in [-0.3, -0.25) is 0 Å². The molecule has 0 nitrogen and oxygen atoms in total. The Hall–Kier alpha value is -4.10. The zero-order valence-electron chi connectivity index (χ0n) is 24.3. The van der Waals surface area contributed by atoms with Crippen LogP contribution in [0.15, 0.2) is 167 Å². The van der Waals surface area contributed by atoms with Gasteiger partial charge in [0, 0.05) is 19.5 Å². The van der Waals surface area contributed by atoms with E-state index in [0.29, 0.717) is 0 Å². The molecule has 0 atom stereocenters. The molecule has 0 fully saturated rings. The lowest BCUT2D eigenvalue weighted by atomic mass is 10.2. The number of hydrogen-bond donors (Lipinski definition) is 0. The van der Waals surface area contributed by atoms with E-state index >= 15 is 0 Å². The summed E-state index contributed by atoms with van der Waals surface area (Å²) in [4.78, 5) is 5.20. The van der Waals surface area contributed by atoms with Gasteiger partial charge in [-0.15, -0.1) is 45.3 Å². The van der Waals surface area contributed by atoms with Crippen LogP contribution in [0, 0.1) is 0 Å². The van der Waals surface area contributed by atoms with Crippen LogP contribution in [0.25, 0.3) is 41.8 Å². The molecule has 4 heterocycles. The molecule has 4 aromatic carbocycles. The first-order valence-corrected chi connectivity index (χ1v) is 20.4. The standard InChI is InChI=1S/C40H28S4Si/c1-5-37(41-25-1)29-9-17-33(18-10-29)45(34-19-11-30(12-20-34)38-6-2-26-42-38,35-21-13-31(14-22-35)39-7-3-27-43-39)36-23-15-32(16-24-36)40-8-4-28-44-40/h1-28H. The Labute approximate surface area is 281 Å². The van der Waals surface area contributed by atoms with Crippen LogP contribution in [0.3, 0.4) is 0 Å². The summed E-state index contributed by atoms with van der Waals surface area (Å²) in [6.45, 7) is 0. The molecular formula is C40H28S4Si. The predicted octanol–water partition coefficient (Wildman–Crippen LogP) is 9.98. The van der Waals surface area contributed by atoms with Gasteiger partial charge in [0.15, 0.2) is 8.07 Å². The van der Waals surface area contributed by atoms with Gasteiger partial charge >= 0.3 is 0 Å². The van der Waals surface area contributed by atoms with E-state index < -0.39 is 8.07 Å². The second kappa shape index (κ2) is 12.4. The van der Waals surface area contributed by atoms with Crippen molar-refractivity contribution in [1.82, 2.24) is 0 Å².